The minimum Gasteiger partial charge on any atom is -0.396 e. The molecule has 0 spiro atoms. The first-order valence-corrected chi connectivity index (χ1v) is 10.4. The van der Waals surface area contributed by atoms with Gasteiger partial charge in [0.05, 0.1) is 42.4 Å². The maximum atomic E-state index is 12.9. The fourth-order valence-electron chi connectivity index (χ4n) is 3.82. The zero-order valence-corrected chi connectivity index (χ0v) is 17.6. The Bertz CT molecular complexity index is 1040. The van der Waals surface area contributed by atoms with Crippen LogP contribution in [0, 0.1) is 5.92 Å². The first kappa shape index (κ1) is 21.0. The van der Waals surface area contributed by atoms with Crippen LogP contribution in [0.4, 0.5) is 11.4 Å². The van der Waals surface area contributed by atoms with Crippen LogP contribution in [0.5, 0.6) is 0 Å². The van der Waals surface area contributed by atoms with Crippen LogP contribution in [-0.4, -0.2) is 38.0 Å². The van der Waals surface area contributed by atoms with Gasteiger partial charge in [0.1, 0.15) is 0 Å². The molecule has 4 rings (SSSR count). The lowest BCUT2D eigenvalue weighted by atomic mass is 9.88. The third kappa shape index (κ3) is 4.60. The van der Waals surface area contributed by atoms with Crippen molar-refractivity contribution in [3.8, 4) is 0 Å². The molecular formula is C23H27N5O3. The van der Waals surface area contributed by atoms with Crippen LogP contribution >= 0.6 is 0 Å². The molecule has 0 radical (unpaired) electrons. The van der Waals surface area contributed by atoms with Crippen LogP contribution in [0.15, 0.2) is 55.0 Å². The Hall–Kier alpha value is -3.23. The fourth-order valence-corrected chi connectivity index (χ4v) is 3.82. The third-order valence-electron chi connectivity index (χ3n) is 5.82. The first-order chi connectivity index (χ1) is 14.9. The van der Waals surface area contributed by atoms with Crippen molar-refractivity contribution in [3.05, 3.63) is 71.8 Å². The van der Waals surface area contributed by atoms with E-state index in [2.05, 4.69) is 15.4 Å². The Morgan fingerprint density at radius 3 is 2.81 bits per heavy atom. The molecule has 4 N–H and O–H groups in total. The molecule has 3 aromatic rings. The number of carbonyl (C=O) groups is 1. The molecule has 162 valence electrons. The molecule has 1 aliphatic heterocycles. The molecule has 0 saturated carbocycles. The van der Waals surface area contributed by atoms with Gasteiger partial charge >= 0.3 is 0 Å². The Kier molecular flexibility index (Phi) is 6.01. The highest BCUT2D eigenvalue weighted by atomic mass is 16.5. The molecule has 0 aliphatic carbocycles. The number of pyridine rings is 1. The van der Waals surface area contributed by atoms with E-state index in [1.54, 1.807) is 29.3 Å². The summed E-state index contributed by atoms with van der Waals surface area (Å²) >= 11 is 0. The van der Waals surface area contributed by atoms with E-state index in [4.69, 9.17) is 10.5 Å². The van der Waals surface area contributed by atoms with Gasteiger partial charge in [-0.25, -0.2) is 0 Å². The highest BCUT2D eigenvalue weighted by molar-refractivity contribution is 6.06. The predicted octanol–water partition coefficient (Wildman–Crippen LogP) is 3.01. The highest BCUT2D eigenvalue weighted by Gasteiger charge is 2.34. The number of aromatic nitrogens is 3. The van der Waals surface area contributed by atoms with Crippen LogP contribution in [-0.2, 0) is 11.3 Å². The number of nitrogens with two attached hydrogens (primary N) is 1. The van der Waals surface area contributed by atoms with Crippen molar-refractivity contribution in [3.63, 3.8) is 0 Å². The summed E-state index contributed by atoms with van der Waals surface area (Å²) < 4.78 is 7.74. The third-order valence-corrected chi connectivity index (χ3v) is 5.82. The lowest BCUT2D eigenvalue weighted by molar-refractivity contribution is -0.124. The van der Waals surface area contributed by atoms with Gasteiger partial charge in [0.25, 0.3) is 5.91 Å². The number of anilines is 2. The summed E-state index contributed by atoms with van der Waals surface area (Å²) in [7, 11) is 0. The van der Waals surface area contributed by atoms with Crippen LogP contribution in [0.25, 0.3) is 0 Å². The summed E-state index contributed by atoms with van der Waals surface area (Å²) in [6.45, 7) is 4.43. The van der Waals surface area contributed by atoms with E-state index >= 15 is 0 Å². The van der Waals surface area contributed by atoms with Crippen molar-refractivity contribution in [2.24, 2.45) is 5.92 Å². The average Bonchev–Trinajstić information content (AvgIpc) is 3.13. The summed E-state index contributed by atoms with van der Waals surface area (Å²) in [6.07, 6.45) is 4.40. The SMILES string of the molecule is CC1OC(c2ccncc2NC(=O)c2nn(Cc3ccccc3)cc2N)CC(O)C1C. The van der Waals surface area contributed by atoms with Crippen molar-refractivity contribution in [2.75, 3.05) is 11.1 Å². The van der Waals surface area contributed by atoms with E-state index in [-0.39, 0.29) is 23.8 Å². The number of aliphatic hydroxyl groups is 1. The summed E-state index contributed by atoms with van der Waals surface area (Å²) in [5, 5.41) is 17.6. The number of ether oxygens (including phenoxy) is 1. The standard InChI is InChI=1S/C23H27N5O3/c1-14-15(2)31-21(10-20(14)29)17-8-9-25-11-19(17)26-23(30)22-18(24)13-28(27-22)12-16-6-4-3-5-7-16/h3-9,11,13-15,20-21,29H,10,12,24H2,1-2H3,(H,26,30). The second-order valence-electron chi connectivity index (χ2n) is 8.03. The minimum absolute atomic E-state index is 0.0458. The molecule has 2 aromatic heterocycles. The minimum atomic E-state index is -0.477. The lowest BCUT2D eigenvalue weighted by Crippen LogP contribution is -2.38. The topological polar surface area (TPSA) is 115 Å². The van der Waals surface area contributed by atoms with Gasteiger partial charge in [0.2, 0.25) is 0 Å². The maximum absolute atomic E-state index is 12.9. The number of nitrogens with one attached hydrogen (secondary N) is 1. The molecule has 31 heavy (non-hydrogen) atoms. The highest BCUT2D eigenvalue weighted by Crippen LogP contribution is 2.37. The van der Waals surface area contributed by atoms with E-state index in [1.165, 1.54) is 0 Å². The van der Waals surface area contributed by atoms with Crippen LogP contribution in [0.1, 0.15) is 48.0 Å². The first-order valence-electron chi connectivity index (χ1n) is 10.4. The van der Waals surface area contributed by atoms with Gasteiger partial charge in [0, 0.05) is 30.3 Å². The molecule has 1 saturated heterocycles. The van der Waals surface area contributed by atoms with E-state index < -0.39 is 12.0 Å². The van der Waals surface area contributed by atoms with Crippen LogP contribution in [0.2, 0.25) is 0 Å². The molecule has 1 fully saturated rings. The molecule has 8 heteroatoms. The number of benzene rings is 1. The Morgan fingerprint density at radius 1 is 1.29 bits per heavy atom. The van der Waals surface area contributed by atoms with Gasteiger partial charge < -0.3 is 20.9 Å². The Labute approximate surface area is 181 Å². The molecule has 1 amide bonds. The second-order valence-corrected chi connectivity index (χ2v) is 8.03. The van der Waals surface area contributed by atoms with Gasteiger partial charge in [-0.3, -0.25) is 14.5 Å². The maximum Gasteiger partial charge on any atom is 0.278 e. The number of carbonyl (C=O) groups excluding carboxylic acids is 1. The van der Waals surface area contributed by atoms with Gasteiger partial charge in [-0.15, -0.1) is 0 Å². The van der Waals surface area contributed by atoms with Crippen molar-refractivity contribution < 1.29 is 14.6 Å². The molecule has 1 aliphatic rings. The lowest BCUT2D eigenvalue weighted by Gasteiger charge is -2.37. The van der Waals surface area contributed by atoms with Gasteiger partial charge in [-0.1, -0.05) is 37.3 Å². The van der Waals surface area contributed by atoms with Gasteiger partial charge in [-0.05, 0) is 18.6 Å². The van der Waals surface area contributed by atoms with Gasteiger partial charge in [-0.2, -0.15) is 5.10 Å². The van der Waals surface area contributed by atoms with E-state index in [1.807, 2.05) is 44.2 Å². The van der Waals surface area contributed by atoms with Crippen molar-refractivity contribution >= 4 is 17.3 Å². The smallest absolute Gasteiger partial charge is 0.278 e. The van der Waals surface area contributed by atoms with Crippen LogP contribution < -0.4 is 11.1 Å². The van der Waals surface area contributed by atoms with Crippen molar-refractivity contribution in [1.29, 1.82) is 0 Å². The summed E-state index contributed by atoms with van der Waals surface area (Å²) in [4.78, 5) is 17.1. The van der Waals surface area contributed by atoms with Gasteiger partial charge in [0.15, 0.2) is 5.69 Å². The second kappa shape index (κ2) is 8.87. The van der Waals surface area contributed by atoms with Crippen LogP contribution in [0.3, 0.4) is 0 Å². The predicted molar refractivity (Wildman–Crippen MR) is 117 cm³/mol. The van der Waals surface area contributed by atoms with Crippen molar-refractivity contribution in [1.82, 2.24) is 14.8 Å². The molecular weight excluding hydrogens is 394 g/mol. The molecule has 0 bridgehead atoms. The quantitative estimate of drug-likeness (QED) is 0.583. The number of rotatable bonds is 5. The number of aliphatic hydroxyl groups excluding tert-OH is 1. The Balaban J connectivity index is 1.52. The molecule has 8 nitrogen and oxygen atoms in total. The molecule has 4 atom stereocenters. The number of hydrogen-bond acceptors (Lipinski definition) is 6. The molecule has 1 aromatic carbocycles. The van der Waals surface area contributed by atoms with Crippen molar-refractivity contribution in [2.45, 2.75) is 45.1 Å². The summed E-state index contributed by atoms with van der Waals surface area (Å²) in [5.74, 6) is -0.374. The Morgan fingerprint density at radius 2 is 2.06 bits per heavy atom. The zero-order chi connectivity index (χ0) is 22.0. The molecule has 4 unspecified atom stereocenters. The average molecular weight is 422 g/mol. The fraction of sp³-hybridized carbons (Fsp3) is 0.348. The number of nitrogens with zero attached hydrogens (tertiary/aromatic N) is 3. The number of hydrogen-bond donors (Lipinski definition) is 3. The largest absolute Gasteiger partial charge is 0.396 e. The van der Waals surface area contributed by atoms with E-state index in [0.29, 0.717) is 24.3 Å². The van der Waals surface area contributed by atoms with E-state index in [0.717, 1.165) is 11.1 Å². The molecule has 3 heterocycles. The summed E-state index contributed by atoms with van der Waals surface area (Å²) in [6, 6.07) is 11.6. The normalized spacial score (nSPS) is 23.5. The monoisotopic (exact) mass is 421 g/mol. The number of amides is 1. The zero-order valence-electron chi connectivity index (χ0n) is 17.6. The number of nitrogen functional groups attached to an aromatic ring is 1. The summed E-state index contributed by atoms with van der Waals surface area (Å²) in [5.41, 5.74) is 8.85. The van der Waals surface area contributed by atoms with E-state index in [9.17, 15) is 9.90 Å².